The van der Waals surface area contributed by atoms with Crippen LogP contribution in [0.15, 0.2) is 23.1 Å². The number of aromatic nitrogens is 3. The maximum Gasteiger partial charge on any atom is 0.259 e. The van der Waals surface area contributed by atoms with E-state index in [4.69, 9.17) is 4.52 Å². The number of aryl methyl sites for hydroxylation is 1. The summed E-state index contributed by atoms with van der Waals surface area (Å²) in [5.74, 6) is 1.14. The summed E-state index contributed by atoms with van der Waals surface area (Å²) in [6.07, 6.45) is 5.19. The van der Waals surface area contributed by atoms with E-state index in [0.717, 1.165) is 18.4 Å². The molecule has 0 N–H and O–H groups in total. The molecule has 2 heterocycles. The fraction of sp³-hybridized carbons (Fsp3) is 0.462. The summed E-state index contributed by atoms with van der Waals surface area (Å²) in [6, 6.07) is 2.10. The highest BCUT2D eigenvalue weighted by molar-refractivity contribution is 5.52. The van der Waals surface area contributed by atoms with Crippen molar-refractivity contribution in [3.8, 4) is 11.5 Å². The Balaban J connectivity index is 2.34. The van der Waals surface area contributed by atoms with Crippen LogP contribution in [0.3, 0.4) is 0 Å². The normalized spacial score (nSPS) is 11.1. The number of pyridine rings is 1. The van der Waals surface area contributed by atoms with E-state index in [0.29, 0.717) is 11.8 Å². The largest absolute Gasteiger partial charge is 0.334 e. The van der Waals surface area contributed by atoms with E-state index < -0.39 is 0 Å². The first-order chi connectivity index (χ1) is 8.20. The molecule has 90 valence electrons. The van der Waals surface area contributed by atoms with Gasteiger partial charge in [0.1, 0.15) is 0 Å². The molecule has 0 aliphatic heterocycles. The molecule has 17 heavy (non-hydrogen) atoms. The quantitative estimate of drug-likeness (QED) is 0.811. The molecule has 2 aromatic rings. The maximum atomic E-state index is 5.04. The Morgan fingerprint density at radius 2 is 2.12 bits per heavy atom. The van der Waals surface area contributed by atoms with Gasteiger partial charge in [-0.1, -0.05) is 25.9 Å². The SMILES string of the molecule is CCc1cc(-c2ncno2)cnc1CC(C)C. The standard InChI is InChI=1S/C13H17N3O/c1-4-10-6-11(13-15-8-16-17-13)7-14-12(10)5-9(2)3/h6-9H,4-5H2,1-3H3. The fourth-order valence-electron chi connectivity index (χ4n) is 1.83. The Bertz CT molecular complexity index is 477. The van der Waals surface area contributed by atoms with E-state index in [1.54, 1.807) is 0 Å². The molecule has 0 fully saturated rings. The van der Waals surface area contributed by atoms with Gasteiger partial charge in [0, 0.05) is 11.9 Å². The Morgan fingerprint density at radius 1 is 1.29 bits per heavy atom. The third-order valence-corrected chi connectivity index (χ3v) is 2.65. The monoisotopic (exact) mass is 231 g/mol. The molecule has 2 rings (SSSR count). The van der Waals surface area contributed by atoms with Crippen molar-refractivity contribution in [3.05, 3.63) is 29.8 Å². The Labute approximate surface area is 101 Å². The minimum Gasteiger partial charge on any atom is -0.334 e. The van der Waals surface area contributed by atoms with Gasteiger partial charge in [-0.3, -0.25) is 4.98 Å². The van der Waals surface area contributed by atoms with Crippen molar-refractivity contribution < 1.29 is 4.52 Å². The predicted octanol–water partition coefficient (Wildman–Crippen LogP) is 2.89. The molecule has 0 aromatic carbocycles. The molecule has 2 aromatic heterocycles. The highest BCUT2D eigenvalue weighted by Crippen LogP contribution is 2.20. The van der Waals surface area contributed by atoms with Crippen LogP contribution in [0.5, 0.6) is 0 Å². The van der Waals surface area contributed by atoms with Gasteiger partial charge in [0.05, 0.1) is 5.56 Å². The van der Waals surface area contributed by atoms with Crippen LogP contribution in [0.4, 0.5) is 0 Å². The Hall–Kier alpha value is -1.71. The molecule has 0 radical (unpaired) electrons. The average Bonchev–Trinajstić information content (AvgIpc) is 2.82. The summed E-state index contributed by atoms with van der Waals surface area (Å²) in [5.41, 5.74) is 3.33. The maximum absolute atomic E-state index is 5.04. The van der Waals surface area contributed by atoms with Crippen molar-refractivity contribution in [2.24, 2.45) is 5.92 Å². The van der Waals surface area contributed by atoms with Gasteiger partial charge in [-0.2, -0.15) is 4.98 Å². The third-order valence-electron chi connectivity index (χ3n) is 2.65. The van der Waals surface area contributed by atoms with Crippen LogP contribution >= 0.6 is 0 Å². The first kappa shape index (κ1) is 11.8. The van der Waals surface area contributed by atoms with E-state index in [-0.39, 0.29) is 0 Å². The van der Waals surface area contributed by atoms with Crippen molar-refractivity contribution in [1.29, 1.82) is 0 Å². The summed E-state index contributed by atoms with van der Waals surface area (Å²) in [4.78, 5) is 8.55. The minimum absolute atomic E-state index is 0.531. The smallest absolute Gasteiger partial charge is 0.259 e. The molecule has 4 nitrogen and oxygen atoms in total. The summed E-state index contributed by atoms with van der Waals surface area (Å²) in [5, 5.41) is 3.61. The van der Waals surface area contributed by atoms with Crippen LogP contribution in [-0.4, -0.2) is 15.1 Å². The molecule has 0 bridgehead atoms. The van der Waals surface area contributed by atoms with Gasteiger partial charge >= 0.3 is 0 Å². The fourth-order valence-corrected chi connectivity index (χ4v) is 1.83. The lowest BCUT2D eigenvalue weighted by atomic mass is 10.0. The van der Waals surface area contributed by atoms with Crippen molar-refractivity contribution in [3.63, 3.8) is 0 Å². The molecule has 0 unspecified atom stereocenters. The van der Waals surface area contributed by atoms with Crippen LogP contribution in [0.1, 0.15) is 32.0 Å². The first-order valence-corrected chi connectivity index (χ1v) is 5.95. The lowest BCUT2D eigenvalue weighted by Gasteiger charge is -2.09. The molecule has 0 aliphatic rings. The topological polar surface area (TPSA) is 51.8 Å². The van der Waals surface area contributed by atoms with Gasteiger partial charge in [0.15, 0.2) is 6.33 Å². The zero-order valence-electron chi connectivity index (χ0n) is 10.5. The van der Waals surface area contributed by atoms with E-state index in [1.807, 2.05) is 6.20 Å². The van der Waals surface area contributed by atoms with E-state index in [2.05, 4.69) is 42.0 Å². The zero-order valence-corrected chi connectivity index (χ0v) is 10.5. The van der Waals surface area contributed by atoms with Crippen LogP contribution in [0.2, 0.25) is 0 Å². The number of nitrogens with zero attached hydrogens (tertiary/aromatic N) is 3. The van der Waals surface area contributed by atoms with Gasteiger partial charge in [-0.15, -0.1) is 0 Å². The highest BCUT2D eigenvalue weighted by Gasteiger charge is 2.10. The van der Waals surface area contributed by atoms with E-state index >= 15 is 0 Å². The molecular weight excluding hydrogens is 214 g/mol. The van der Waals surface area contributed by atoms with Gasteiger partial charge in [-0.05, 0) is 30.4 Å². The summed E-state index contributed by atoms with van der Waals surface area (Å²) < 4.78 is 5.04. The molecule has 0 amide bonds. The van der Waals surface area contributed by atoms with Gasteiger partial charge < -0.3 is 4.52 Å². The molecule has 0 saturated carbocycles. The first-order valence-electron chi connectivity index (χ1n) is 5.95. The zero-order chi connectivity index (χ0) is 12.3. The van der Waals surface area contributed by atoms with Crippen LogP contribution < -0.4 is 0 Å². The highest BCUT2D eigenvalue weighted by atomic mass is 16.5. The second-order valence-corrected chi connectivity index (χ2v) is 4.53. The van der Waals surface area contributed by atoms with Gasteiger partial charge in [-0.25, -0.2) is 0 Å². The second-order valence-electron chi connectivity index (χ2n) is 4.53. The summed E-state index contributed by atoms with van der Waals surface area (Å²) in [6.45, 7) is 6.54. The summed E-state index contributed by atoms with van der Waals surface area (Å²) >= 11 is 0. The minimum atomic E-state index is 0.531. The van der Waals surface area contributed by atoms with Crippen LogP contribution in [0.25, 0.3) is 11.5 Å². The molecule has 0 saturated heterocycles. The second kappa shape index (κ2) is 5.08. The molecular formula is C13H17N3O. The number of rotatable bonds is 4. The van der Waals surface area contributed by atoms with E-state index in [9.17, 15) is 0 Å². The molecule has 0 atom stereocenters. The van der Waals surface area contributed by atoms with Crippen molar-refractivity contribution in [2.75, 3.05) is 0 Å². The summed E-state index contributed by atoms with van der Waals surface area (Å²) in [7, 11) is 0. The molecule has 0 aliphatic carbocycles. The molecule has 0 spiro atoms. The Morgan fingerprint density at radius 3 is 2.71 bits per heavy atom. The van der Waals surface area contributed by atoms with Gasteiger partial charge in [0.25, 0.3) is 5.89 Å². The average molecular weight is 231 g/mol. The number of hydrogen-bond donors (Lipinski definition) is 0. The third kappa shape index (κ3) is 2.70. The molecule has 4 heteroatoms. The van der Waals surface area contributed by atoms with Crippen LogP contribution in [0, 0.1) is 5.92 Å². The van der Waals surface area contributed by atoms with E-state index in [1.165, 1.54) is 17.6 Å². The van der Waals surface area contributed by atoms with Crippen molar-refractivity contribution >= 4 is 0 Å². The lowest BCUT2D eigenvalue weighted by molar-refractivity contribution is 0.430. The van der Waals surface area contributed by atoms with Crippen LogP contribution in [-0.2, 0) is 12.8 Å². The Kier molecular flexibility index (Phi) is 3.52. The lowest BCUT2D eigenvalue weighted by Crippen LogP contribution is -2.02. The number of hydrogen-bond acceptors (Lipinski definition) is 4. The predicted molar refractivity (Wildman–Crippen MR) is 65.4 cm³/mol. The van der Waals surface area contributed by atoms with Crippen molar-refractivity contribution in [1.82, 2.24) is 15.1 Å². The van der Waals surface area contributed by atoms with Gasteiger partial charge in [0.2, 0.25) is 0 Å². The van der Waals surface area contributed by atoms with Crippen molar-refractivity contribution in [2.45, 2.75) is 33.6 Å².